The largest absolute Gasteiger partial charge is 0.459 e. The van der Waals surface area contributed by atoms with Gasteiger partial charge in [-0.1, -0.05) is 13.8 Å². The third kappa shape index (κ3) is 12.8. The molecule has 3 heterocycles. The standard InChI is InChI=1S/C24H27FN4O3.C5H9ClO2.C4H8O/c1-24(2,3)32-21(30)14-29-11-10-16(13-29)23(31)26-18-8-9-19-20(12-18)27-28-22(19)15-4-6-17(25)7-5-15;1-4(2)3-8-5(6)7;1-2-4-5-3-1/h4-9,12,16H,10-11,13-14H2,1-3H3,(H,26,31)(H,27,28);4H,3H2,1-2H3;1-4H2. The molecule has 2 N–H and O–H groups in total. The summed E-state index contributed by atoms with van der Waals surface area (Å²) in [4.78, 5) is 36.6. The number of anilines is 1. The SMILES string of the molecule is C1CCOC1.CC(C)(C)OC(=O)CN1CCC(C(=O)Nc2ccc3c(-c4ccc(F)cc4)n[nH]c3c2)C1.CC(C)COC(=O)Cl. The molecule has 0 aliphatic carbocycles. The average Bonchev–Trinajstić information content (AvgIpc) is 3.75. The summed E-state index contributed by atoms with van der Waals surface area (Å²) < 4.78 is 27.9. The Labute approximate surface area is 268 Å². The molecule has 12 heteroatoms. The Morgan fingerprint density at radius 1 is 1.13 bits per heavy atom. The van der Waals surface area contributed by atoms with Gasteiger partial charge in [-0.15, -0.1) is 0 Å². The predicted octanol–water partition coefficient (Wildman–Crippen LogP) is 6.79. The van der Waals surface area contributed by atoms with Crippen molar-refractivity contribution in [1.29, 1.82) is 0 Å². The maximum atomic E-state index is 13.2. The number of aromatic nitrogens is 2. The summed E-state index contributed by atoms with van der Waals surface area (Å²) in [6.45, 7) is 13.2. The Balaban J connectivity index is 0.000000353. The summed E-state index contributed by atoms with van der Waals surface area (Å²) in [7, 11) is 0. The van der Waals surface area contributed by atoms with Crippen LogP contribution < -0.4 is 5.32 Å². The second-order valence-electron chi connectivity index (χ2n) is 12.4. The molecule has 246 valence electrons. The molecule has 0 radical (unpaired) electrons. The lowest BCUT2D eigenvalue weighted by Gasteiger charge is -2.22. The number of benzene rings is 2. The molecule has 2 aliphatic heterocycles. The van der Waals surface area contributed by atoms with Crippen LogP contribution in [0.15, 0.2) is 42.5 Å². The van der Waals surface area contributed by atoms with E-state index in [1.54, 1.807) is 12.1 Å². The molecule has 2 saturated heterocycles. The van der Waals surface area contributed by atoms with Crippen LogP contribution in [0.25, 0.3) is 22.2 Å². The number of rotatable bonds is 7. The number of hydrogen-bond acceptors (Lipinski definition) is 8. The number of fused-ring (bicyclic) bond motifs is 1. The number of H-pyrrole nitrogens is 1. The van der Waals surface area contributed by atoms with Crippen molar-refractivity contribution in [3.63, 3.8) is 0 Å². The Morgan fingerprint density at radius 3 is 2.38 bits per heavy atom. The zero-order valence-corrected chi connectivity index (χ0v) is 27.4. The zero-order chi connectivity index (χ0) is 33.0. The number of hydrogen-bond donors (Lipinski definition) is 2. The lowest BCUT2D eigenvalue weighted by molar-refractivity contribution is -0.156. The smallest absolute Gasteiger partial charge is 0.403 e. The normalized spacial score (nSPS) is 16.4. The second-order valence-corrected chi connectivity index (χ2v) is 12.7. The number of ether oxygens (including phenoxy) is 3. The van der Waals surface area contributed by atoms with Gasteiger partial charge in [0.05, 0.1) is 30.3 Å². The minimum atomic E-state index is -0.723. The van der Waals surface area contributed by atoms with Crippen LogP contribution in [0.5, 0.6) is 0 Å². The minimum Gasteiger partial charge on any atom is -0.459 e. The van der Waals surface area contributed by atoms with Crippen molar-refractivity contribution in [2.45, 2.75) is 59.5 Å². The van der Waals surface area contributed by atoms with E-state index in [0.717, 1.165) is 35.4 Å². The first kappa shape index (κ1) is 35.9. The Hall–Kier alpha value is -3.54. The molecule has 1 atom stereocenters. The van der Waals surface area contributed by atoms with Gasteiger partial charge in [0.15, 0.2) is 0 Å². The molecule has 5 rings (SSSR count). The summed E-state index contributed by atoms with van der Waals surface area (Å²) >= 11 is 4.86. The Bertz CT molecular complexity index is 1390. The minimum absolute atomic E-state index is 0.0747. The fraction of sp³-hybridized carbons (Fsp3) is 0.515. The van der Waals surface area contributed by atoms with Crippen LogP contribution in [0, 0.1) is 17.7 Å². The van der Waals surface area contributed by atoms with E-state index >= 15 is 0 Å². The number of carbonyl (C=O) groups is 3. The van der Waals surface area contributed by atoms with Crippen LogP contribution in [-0.4, -0.2) is 77.5 Å². The van der Waals surface area contributed by atoms with Gasteiger partial charge in [0.2, 0.25) is 5.91 Å². The molecule has 1 aromatic heterocycles. The van der Waals surface area contributed by atoms with E-state index in [1.807, 2.05) is 57.7 Å². The zero-order valence-electron chi connectivity index (χ0n) is 26.7. The third-order valence-corrected chi connectivity index (χ3v) is 6.83. The van der Waals surface area contributed by atoms with Crippen molar-refractivity contribution in [2.24, 2.45) is 11.8 Å². The molecule has 0 saturated carbocycles. The number of carbonyl (C=O) groups excluding carboxylic acids is 3. The van der Waals surface area contributed by atoms with Gasteiger partial charge in [0.1, 0.15) is 11.4 Å². The van der Waals surface area contributed by atoms with Crippen LogP contribution >= 0.6 is 11.6 Å². The number of aromatic amines is 1. The topological polar surface area (TPSA) is 123 Å². The maximum Gasteiger partial charge on any atom is 0.403 e. The van der Waals surface area contributed by atoms with Crippen molar-refractivity contribution in [2.75, 3.05) is 44.8 Å². The van der Waals surface area contributed by atoms with Crippen LogP contribution in [0.1, 0.15) is 53.9 Å². The van der Waals surface area contributed by atoms with Gasteiger partial charge in [0.25, 0.3) is 0 Å². The van der Waals surface area contributed by atoms with E-state index in [1.165, 1.54) is 25.0 Å². The molecule has 10 nitrogen and oxygen atoms in total. The highest BCUT2D eigenvalue weighted by molar-refractivity contribution is 6.61. The highest BCUT2D eigenvalue weighted by Crippen LogP contribution is 2.29. The van der Waals surface area contributed by atoms with Gasteiger partial charge in [-0.05, 0) is 95.0 Å². The van der Waals surface area contributed by atoms with Crippen molar-refractivity contribution in [1.82, 2.24) is 15.1 Å². The molecular formula is C33H44ClFN4O6. The van der Waals surface area contributed by atoms with Crippen LogP contribution in [0.2, 0.25) is 0 Å². The number of halogens is 2. The first-order chi connectivity index (χ1) is 21.3. The molecular weight excluding hydrogens is 603 g/mol. The van der Waals surface area contributed by atoms with Crippen LogP contribution in [-0.2, 0) is 23.8 Å². The van der Waals surface area contributed by atoms with Crippen LogP contribution in [0.4, 0.5) is 14.9 Å². The van der Waals surface area contributed by atoms with E-state index in [9.17, 15) is 18.8 Å². The summed E-state index contributed by atoms with van der Waals surface area (Å²) in [5.41, 5.74) is 1.74. The summed E-state index contributed by atoms with van der Waals surface area (Å²) in [5, 5.41) is 11.2. The Kier molecular flexibility index (Phi) is 13.8. The lowest BCUT2D eigenvalue weighted by atomic mass is 10.1. The van der Waals surface area contributed by atoms with Gasteiger partial charge in [0, 0.05) is 48.0 Å². The fourth-order valence-corrected chi connectivity index (χ4v) is 4.72. The number of likely N-dealkylation sites (tertiary alicyclic amines) is 1. The van der Waals surface area contributed by atoms with Gasteiger partial charge in [-0.3, -0.25) is 19.6 Å². The predicted molar refractivity (Wildman–Crippen MR) is 173 cm³/mol. The molecule has 2 aliphatic rings. The molecule has 2 fully saturated rings. The number of nitrogens with zero attached hydrogens (tertiary/aromatic N) is 2. The van der Waals surface area contributed by atoms with Crippen molar-refractivity contribution in [3.05, 3.63) is 48.3 Å². The third-order valence-electron chi connectivity index (χ3n) is 6.72. The van der Waals surface area contributed by atoms with E-state index in [-0.39, 0.29) is 30.2 Å². The first-order valence-corrected chi connectivity index (χ1v) is 15.6. The van der Waals surface area contributed by atoms with E-state index in [0.29, 0.717) is 37.7 Å². The van der Waals surface area contributed by atoms with Gasteiger partial charge < -0.3 is 19.5 Å². The molecule has 3 aromatic rings. The lowest BCUT2D eigenvalue weighted by Crippen LogP contribution is -2.34. The van der Waals surface area contributed by atoms with Gasteiger partial charge >= 0.3 is 11.4 Å². The molecule has 0 bridgehead atoms. The Morgan fingerprint density at radius 2 is 1.82 bits per heavy atom. The quantitative estimate of drug-likeness (QED) is 0.213. The van der Waals surface area contributed by atoms with Crippen LogP contribution in [0.3, 0.4) is 0 Å². The second kappa shape index (κ2) is 17.2. The number of amides is 1. The number of nitrogens with one attached hydrogen (secondary N) is 2. The molecule has 2 aromatic carbocycles. The van der Waals surface area contributed by atoms with Crippen molar-refractivity contribution in [3.8, 4) is 11.3 Å². The van der Waals surface area contributed by atoms with Crippen molar-refractivity contribution >= 4 is 45.5 Å². The van der Waals surface area contributed by atoms with E-state index in [2.05, 4.69) is 20.3 Å². The fourth-order valence-electron chi connectivity index (χ4n) is 4.66. The van der Waals surface area contributed by atoms with Gasteiger partial charge in [-0.25, -0.2) is 9.18 Å². The average molecular weight is 647 g/mol. The maximum absolute atomic E-state index is 13.2. The summed E-state index contributed by atoms with van der Waals surface area (Å²) in [5.74, 6) is -0.480. The molecule has 45 heavy (non-hydrogen) atoms. The molecule has 0 spiro atoms. The van der Waals surface area contributed by atoms with Gasteiger partial charge in [-0.2, -0.15) is 5.10 Å². The molecule has 1 unspecified atom stereocenters. The summed E-state index contributed by atoms with van der Waals surface area (Å²) in [6.07, 6.45) is 3.25. The highest BCUT2D eigenvalue weighted by Gasteiger charge is 2.30. The van der Waals surface area contributed by atoms with E-state index < -0.39 is 11.0 Å². The van der Waals surface area contributed by atoms with E-state index in [4.69, 9.17) is 21.1 Å². The summed E-state index contributed by atoms with van der Waals surface area (Å²) in [6, 6.07) is 11.7. The first-order valence-electron chi connectivity index (χ1n) is 15.2. The number of esters is 1. The monoisotopic (exact) mass is 646 g/mol. The highest BCUT2D eigenvalue weighted by atomic mass is 35.5. The molecule has 1 amide bonds. The van der Waals surface area contributed by atoms with Crippen molar-refractivity contribution < 1.29 is 33.0 Å².